The van der Waals surface area contributed by atoms with Crippen LogP contribution in [-0.4, -0.2) is 88.6 Å². The minimum atomic E-state index is -0.739. The molecule has 30 heavy (non-hydrogen) atoms. The Hall–Kier alpha value is -2.29. The Bertz CT molecular complexity index is 847. The molecule has 0 radical (unpaired) electrons. The van der Waals surface area contributed by atoms with Gasteiger partial charge in [0.2, 0.25) is 5.91 Å². The first-order chi connectivity index (χ1) is 14.2. The number of methoxy groups -OCH3 is 1. The van der Waals surface area contributed by atoms with Crippen LogP contribution in [0.15, 0.2) is 24.3 Å². The zero-order valence-corrected chi connectivity index (χ0v) is 17.7. The molecule has 8 heteroatoms. The van der Waals surface area contributed by atoms with Gasteiger partial charge in [-0.3, -0.25) is 24.3 Å². The van der Waals surface area contributed by atoms with Crippen molar-refractivity contribution in [3.05, 3.63) is 35.4 Å². The van der Waals surface area contributed by atoms with E-state index in [1.807, 2.05) is 4.90 Å². The number of hydrogen-bond acceptors (Lipinski definition) is 7. The summed E-state index contributed by atoms with van der Waals surface area (Å²) >= 11 is 0. The van der Waals surface area contributed by atoms with Crippen LogP contribution in [0.3, 0.4) is 0 Å². The minimum absolute atomic E-state index is 0.158. The van der Waals surface area contributed by atoms with Gasteiger partial charge in [-0.25, -0.2) is 4.79 Å². The van der Waals surface area contributed by atoms with Gasteiger partial charge in [-0.15, -0.1) is 0 Å². The van der Waals surface area contributed by atoms with E-state index in [-0.39, 0.29) is 18.4 Å². The lowest BCUT2D eigenvalue weighted by Gasteiger charge is -2.59. The molecule has 3 saturated heterocycles. The van der Waals surface area contributed by atoms with E-state index in [1.54, 1.807) is 24.3 Å². The first-order valence-corrected chi connectivity index (χ1v) is 10.5. The molecule has 2 atom stereocenters. The Kier molecular flexibility index (Phi) is 5.42. The van der Waals surface area contributed by atoms with Gasteiger partial charge < -0.3 is 9.84 Å². The molecule has 0 bridgehead atoms. The van der Waals surface area contributed by atoms with Crippen molar-refractivity contribution in [2.24, 2.45) is 5.92 Å². The molecule has 1 N–H and O–H groups in total. The molecule has 1 aromatic carbocycles. The summed E-state index contributed by atoms with van der Waals surface area (Å²) in [4.78, 5) is 43.8. The molecule has 0 aromatic heterocycles. The Labute approximate surface area is 176 Å². The molecule has 2 amide bonds. The van der Waals surface area contributed by atoms with Crippen LogP contribution < -0.4 is 0 Å². The monoisotopic (exact) mass is 415 g/mol. The fraction of sp³-hybridized carbons (Fsp3) is 0.591. The van der Waals surface area contributed by atoms with E-state index >= 15 is 0 Å². The number of nitrogens with zero attached hydrogens (tertiary/aromatic N) is 3. The second kappa shape index (κ2) is 7.76. The summed E-state index contributed by atoms with van der Waals surface area (Å²) in [7, 11) is 1.32. The Morgan fingerprint density at radius 2 is 1.90 bits per heavy atom. The van der Waals surface area contributed by atoms with Crippen molar-refractivity contribution in [1.82, 2.24) is 14.7 Å². The summed E-state index contributed by atoms with van der Waals surface area (Å²) in [5.41, 5.74) is 0.448. The number of rotatable bonds is 5. The van der Waals surface area contributed by atoms with Crippen molar-refractivity contribution in [2.75, 3.05) is 33.3 Å². The van der Waals surface area contributed by atoms with Crippen LogP contribution in [-0.2, 0) is 20.9 Å². The van der Waals surface area contributed by atoms with Gasteiger partial charge >= 0.3 is 5.97 Å². The van der Waals surface area contributed by atoms with Crippen molar-refractivity contribution in [1.29, 1.82) is 0 Å². The van der Waals surface area contributed by atoms with Crippen LogP contribution in [0.4, 0.5) is 0 Å². The number of imide groups is 1. The highest BCUT2D eigenvalue weighted by atomic mass is 16.5. The summed E-state index contributed by atoms with van der Waals surface area (Å²) in [6.45, 7) is 6.87. The number of amides is 2. The molecule has 1 aromatic rings. The van der Waals surface area contributed by atoms with Gasteiger partial charge in [-0.05, 0) is 30.0 Å². The molecular weight excluding hydrogens is 386 g/mol. The van der Waals surface area contributed by atoms with Crippen LogP contribution in [0.5, 0.6) is 0 Å². The number of carbonyl (C=O) groups is 3. The lowest BCUT2D eigenvalue weighted by molar-refractivity contribution is -0.181. The molecule has 1 spiro atoms. The molecule has 4 rings (SSSR count). The van der Waals surface area contributed by atoms with Gasteiger partial charge in [0.15, 0.2) is 0 Å². The molecule has 0 saturated carbocycles. The topological polar surface area (TPSA) is 90.4 Å². The van der Waals surface area contributed by atoms with E-state index in [9.17, 15) is 19.5 Å². The number of aliphatic hydroxyl groups excluding tert-OH is 1. The minimum Gasteiger partial charge on any atom is -0.465 e. The van der Waals surface area contributed by atoms with E-state index in [4.69, 9.17) is 4.74 Å². The fourth-order valence-electron chi connectivity index (χ4n) is 5.03. The van der Waals surface area contributed by atoms with Crippen LogP contribution in [0.25, 0.3) is 0 Å². The molecule has 0 unspecified atom stereocenters. The SMILES string of the molecule is COC(=O)c1ccc(CN2C(=O)[C@@H]3C[C@@H](O)CN3C3(CN(CC(C)C)C3)C2=O)cc1. The Morgan fingerprint density at radius 3 is 2.50 bits per heavy atom. The molecule has 3 heterocycles. The van der Waals surface area contributed by atoms with E-state index in [0.29, 0.717) is 37.5 Å². The second-order valence-corrected chi connectivity index (χ2v) is 9.07. The first kappa shape index (κ1) is 21.0. The van der Waals surface area contributed by atoms with Gasteiger partial charge in [0, 0.05) is 26.2 Å². The molecule has 162 valence electrons. The van der Waals surface area contributed by atoms with Gasteiger partial charge in [0.05, 0.1) is 31.4 Å². The zero-order valence-electron chi connectivity index (χ0n) is 17.7. The first-order valence-electron chi connectivity index (χ1n) is 10.5. The predicted molar refractivity (Wildman–Crippen MR) is 108 cm³/mol. The quantitative estimate of drug-likeness (QED) is 0.553. The van der Waals surface area contributed by atoms with Crippen molar-refractivity contribution in [3.8, 4) is 0 Å². The van der Waals surface area contributed by atoms with Gasteiger partial charge in [0.1, 0.15) is 5.54 Å². The lowest BCUT2D eigenvalue weighted by Crippen LogP contribution is -2.81. The standard InChI is InChI=1S/C22H29N3O5/c1-14(2)9-23-12-22(13-23)21(29)24(19(27)18-8-17(26)11-25(18)22)10-15-4-6-16(7-5-15)20(28)30-3/h4-7,14,17-18,26H,8-13H2,1-3H3/t17-,18+/m1/s1. The third-order valence-electron chi connectivity index (χ3n) is 6.33. The average Bonchev–Trinajstić information content (AvgIpc) is 3.08. The number of benzene rings is 1. The predicted octanol–water partition coefficient (Wildman–Crippen LogP) is 0.488. The Balaban J connectivity index is 1.57. The highest BCUT2D eigenvalue weighted by Gasteiger charge is 2.64. The third kappa shape index (κ3) is 3.42. The summed E-state index contributed by atoms with van der Waals surface area (Å²) < 4.78 is 4.71. The highest BCUT2D eigenvalue weighted by molar-refractivity contribution is 6.06. The van der Waals surface area contributed by atoms with E-state index in [0.717, 1.165) is 12.1 Å². The van der Waals surface area contributed by atoms with E-state index in [2.05, 4.69) is 18.7 Å². The second-order valence-electron chi connectivity index (χ2n) is 9.07. The zero-order chi connectivity index (χ0) is 21.6. The van der Waals surface area contributed by atoms with E-state index < -0.39 is 23.7 Å². The van der Waals surface area contributed by atoms with Gasteiger partial charge in [-0.1, -0.05) is 26.0 Å². The maximum Gasteiger partial charge on any atom is 0.337 e. The average molecular weight is 415 g/mol. The molecule has 3 aliphatic rings. The number of piperazine rings is 1. The van der Waals surface area contributed by atoms with Crippen LogP contribution in [0.2, 0.25) is 0 Å². The molecule has 3 fully saturated rings. The summed E-state index contributed by atoms with van der Waals surface area (Å²) in [5, 5.41) is 10.2. The van der Waals surface area contributed by atoms with Gasteiger partial charge in [-0.2, -0.15) is 0 Å². The van der Waals surface area contributed by atoms with Crippen LogP contribution >= 0.6 is 0 Å². The maximum atomic E-state index is 13.5. The van der Waals surface area contributed by atoms with E-state index in [1.165, 1.54) is 12.0 Å². The number of carbonyl (C=O) groups excluding carboxylic acids is 3. The van der Waals surface area contributed by atoms with Crippen LogP contribution in [0, 0.1) is 5.92 Å². The number of β-amino-alcohol motifs (C(OH)–C–C–N with tert-alkyl or cyclic N) is 1. The highest BCUT2D eigenvalue weighted by Crippen LogP contribution is 2.41. The number of likely N-dealkylation sites (tertiary alicyclic amines) is 1. The van der Waals surface area contributed by atoms with Crippen molar-refractivity contribution >= 4 is 17.8 Å². The summed E-state index contributed by atoms with van der Waals surface area (Å²) in [5.74, 6) is -0.371. The normalized spacial score (nSPS) is 26.2. The number of aliphatic hydroxyl groups is 1. The molecule has 8 nitrogen and oxygen atoms in total. The molecule has 0 aliphatic carbocycles. The number of ether oxygens (including phenoxy) is 1. The third-order valence-corrected chi connectivity index (χ3v) is 6.33. The summed E-state index contributed by atoms with van der Waals surface area (Å²) in [6, 6.07) is 6.28. The Morgan fingerprint density at radius 1 is 1.23 bits per heavy atom. The van der Waals surface area contributed by atoms with Crippen LogP contribution in [0.1, 0.15) is 36.2 Å². The van der Waals surface area contributed by atoms with Gasteiger partial charge in [0.25, 0.3) is 5.91 Å². The molecule has 3 aliphatic heterocycles. The number of hydrogen-bond donors (Lipinski definition) is 1. The van der Waals surface area contributed by atoms with Crippen molar-refractivity contribution in [2.45, 2.75) is 44.5 Å². The fourth-order valence-corrected chi connectivity index (χ4v) is 5.03. The largest absolute Gasteiger partial charge is 0.465 e. The molecular formula is C22H29N3O5. The number of fused-ring (bicyclic) bond motifs is 2. The summed E-state index contributed by atoms with van der Waals surface area (Å²) in [6.07, 6.45) is -0.238. The number of esters is 1. The lowest BCUT2D eigenvalue weighted by atomic mass is 9.82. The smallest absolute Gasteiger partial charge is 0.337 e. The maximum absolute atomic E-state index is 13.5. The van der Waals surface area contributed by atoms with Crippen molar-refractivity contribution in [3.63, 3.8) is 0 Å². The van der Waals surface area contributed by atoms with Crippen molar-refractivity contribution < 1.29 is 24.2 Å².